The summed E-state index contributed by atoms with van der Waals surface area (Å²) < 4.78 is 41.1. The first-order valence-electron chi connectivity index (χ1n) is 19.3. The van der Waals surface area contributed by atoms with E-state index in [0.29, 0.717) is 5.57 Å². The zero-order chi connectivity index (χ0) is 40.7. The van der Waals surface area contributed by atoms with Gasteiger partial charge in [0.15, 0.2) is 5.79 Å². The molecule has 5 aliphatic heterocycles. The molecule has 0 aromatic rings. The topological polar surface area (TPSA) is 211 Å². The molecule has 0 unspecified atom stereocenters. The Balaban J connectivity index is 1.53. The fraction of sp³-hybridized carbons (Fsp3) is 0.775. The molecule has 4 saturated heterocycles. The highest BCUT2D eigenvalue weighted by atomic mass is 16.7. The highest BCUT2D eigenvalue weighted by Crippen LogP contribution is 2.51. The second-order valence-corrected chi connectivity index (χ2v) is 17.3. The first kappa shape index (κ1) is 42.9. The summed E-state index contributed by atoms with van der Waals surface area (Å²) in [7, 11) is 1.26. The molecule has 0 aliphatic carbocycles. The minimum absolute atomic E-state index is 0.0241. The molecule has 15 heteroatoms. The number of hydrogen-bond donors (Lipinski definition) is 3. The Labute approximate surface area is 322 Å². The van der Waals surface area contributed by atoms with Gasteiger partial charge in [-0.15, -0.1) is 0 Å². The number of aliphatic hydroxyl groups excluding tert-OH is 2. The van der Waals surface area contributed by atoms with Crippen molar-refractivity contribution in [2.75, 3.05) is 7.11 Å². The van der Waals surface area contributed by atoms with Crippen LogP contribution in [0.25, 0.3) is 0 Å². The normalized spacial score (nSPS) is 40.9. The molecule has 0 aromatic carbocycles. The Morgan fingerprint density at radius 1 is 0.909 bits per heavy atom. The van der Waals surface area contributed by atoms with Crippen molar-refractivity contribution >= 4 is 29.7 Å². The third kappa shape index (κ3) is 9.34. The van der Waals surface area contributed by atoms with Crippen LogP contribution >= 0.6 is 0 Å². The van der Waals surface area contributed by atoms with Gasteiger partial charge in [-0.05, 0) is 40.0 Å². The van der Waals surface area contributed by atoms with E-state index in [1.165, 1.54) is 20.1 Å². The number of cyclic esters (lactones) is 1. The molecule has 5 aliphatic rings. The third-order valence-electron chi connectivity index (χ3n) is 11.8. The van der Waals surface area contributed by atoms with Gasteiger partial charge in [-0.25, -0.2) is 4.79 Å². The summed E-state index contributed by atoms with van der Waals surface area (Å²) in [6.45, 7) is 11.6. The van der Waals surface area contributed by atoms with E-state index in [-0.39, 0.29) is 51.4 Å². The molecule has 1 spiro atoms. The summed E-state index contributed by atoms with van der Waals surface area (Å²) in [4.78, 5) is 65.2. The van der Waals surface area contributed by atoms with Crippen LogP contribution in [0, 0.1) is 22.7 Å². The Kier molecular flexibility index (Phi) is 12.7. The van der Waals surface area contributed by atoms with Crippen molar-refractivity contribution in [2.45, 2.75) is 167 Å². The molecular formula is C40H58O15. The molecule has 308 valence electrons. The SMILES string of the molecule is COC(=O)/C=C1/C[C@H]2C[C@]3(O)O[C@H](C[C@@H](O)CC(=O)O[C@H](C)[C@H](O)C[C@@H]4C[C@@H]5CC(=O)O[C@]5(O4)C(=O)C(C)(C)/C=C\[C@@H](C1)O2)C[C@H](OC(=O)C(C)C)C3(C)C. The van der Waals surface area contributed by atoms with E-state index in [1.807, 2.05) is 0 Å². The second-order valence-electron chi connectivity index (χ2n) is 17.3. The minimum atomic E-state index is -2.01. The van der Waals surface area contributed by atoms with Gasteiger partial charge in [-0.2, -0.15) is 0 Å². The van der Waals surface area contributed by atoms with Crippen LogP contribution in [0.15, 0.2) is 23.8 Å². The number of esters is 4. The van der Waals surface area contributed by atoms with Crippen LogP contribution in [0.5, 0.6) is 0 Å². The molecule has 55 heavy (non-hydrogen) atoms. The maximum absolute atomic E-state index is 14.3. The Hall–Kier alpha value is -3.21. The van der Waals surface area contributed by atoms with Crippen LogP contribution in [0.4, 0.5) is 0 Å². The first-order chi connectivity index (χ1) is 25.6. The molecule has 11 atom stereocenters. The Morgan fingerprint density at radius 2 is 1.60 bits per heavy atom. The molecule has 15 nitrogen and oxygen atoms in total. The maximum Gasteiger partial charge on any atom is 0.330 e. The van der Waals surface area contributed by atoms with E-state index in [2.05, 4.69) is 0 Å². The van der Waals surface area contributed by atoms with Crippen molar-refractivity contribution in [3.63, 3.8) is 0 Å². The molecule has 6 bridgehead atoms. The van der Waals surface area contributed by atoms with Crippen LogP contribution < -0.4 is 0 Å². The van der Waals surface area contributed by atoms with E-state index in [1.54, 1.807) is 53.7 Å². The van der Waals surface area contributed by atoms with Gasteiger partial charge in [0.2, 0.25) is 5.78 Å². The fourth-order valence-corrected chi connectivity index (χ4v) is 8.33. The van der Waals surface area contributed by atoms with Gasteiger partial charge in [0, 0.05) is 43.1 Å². The summed E-state index contributed by atoms with van der Waals surface area (Å²) in [6, 6.07) is 0. The van der Waals surface area contributed by atoms with Crippen LogP contribution in [0.3, 0.4) is 0 Å². The van der Waals surface area contributed by atoms with Crippen molar-refractivity contribution < 1.29 is 72.5 Å². The van der Waals surface area contributed by atoms with Gasteiger partial charge in [0.05, 0.1) is 67.9 Å². The lowest BCUT2D eigenvalue weighted by Crippen LogP contribution is -2.62. The summed E-state index contributed by atoms with van der Waals surface area (Å²) in [5.74, 6) is -7.90. The zero-order valence-corrected chi connectivity index (χ0v) is 33.1. The van der Waals surface area contributed by atoms with Gasteiger partial charge < -0.3 is 48.5 Å². The summed E-state index contributed by atoms with van der Waals surface area (Å²) >= 11 is 0. The van der Waals surface area contributed by atoms with Gasteiger partial charge in [-0.1, -0.05) is 45.4 Å². The van der Waals surface area contributed by atoms with E-state index < -0.39 is 119 Å². The van der Waals surface area contributed by atoms with E-state index >= 15 is 0 Å². The number of aliphatic hydroxyl groups is 3. The lowest BCUT2D eigenvalue weighted by Gasteiger charge is -2.54. The third-order valence-corrected chi connectivity index (χ3v) is 11.8. The predicted octanol–water partition coefficient (Wildman–Crippen LogP) is 3.13. The molecule has 0 aromatic heterocycles. The average molecular weight is 779 g/mol. The fourth-order valence-electron chi connectivity index (χ4n) is 8.33. The van der Waals surface area contributed by atoms with Gasteiger partial charge in [-0.3, -0.25) is 19.2 Å². The number of carbonyl (C=O) groups excluding carboxylic acids is 5. The number of ether oxygens (including phenoxy) is 7. The molecule has 0 saturated carbocycles. The summed E-state index contributed by atoms with van der Waals surface area (Å²) in [5, 5.41) is 34.6. The second kappa shape index (κ2) is 16.3. The molecular weight excluding hydrogens is 720 g/mol. The number of carbonyl (C=O) groups is 5. The van der Waals surface area contributed by atoms with E-state index in [4.69, 9.17) is 33.2 Å². The highest BCUT2D eigenvalue weighted by Gasteiger charge is 2.64. The van der Waals surface area contributed by atoms with Crippen molar-refractivity contribution in [2.24, 2.45) is 22.7 Å². The highest BCUT2D eigenvalue weighted by molar-refractivity contribution is 5.96. The van der Waals surface area contributed by atoms with Crippen LogP contribution in [-0.2, 0) is 57.1 Å². The standard InChI is InChI=1S/C40H58O15/c1-21(2)35(46)52-31-19-28-16-25(41)17-33(44)50-22(3)30(42)18-27-14-24-15-34(45)55-40(24,54-27)36(47)37(4,5)10-9-26-11-23(13-32(43)49-8)12-29(51-26)20-39(48,53-28)38(31,6)7/h9-10,13,21-22,24-31,41-42,48H,11-12,14-20H2,1-8H3/b10-9-,23-13+/t22-,24-,25-,26+,27+,28-,29+,30-,31+,39+,40+/m1/s1. The smallest absolute Gasteiger partial charge is 0.330 e. The van der Waals surface area contributed by atoms with E-state index in [9.17, 15) is 39.3 Å². The largest absolute Gasteiger partial charge is 0.466 e. The quantitative estimate of drug-likeness (QED) is 0.163. The van der Waals surface area contributed by atoms with Crippen molar-refractivity contribution in [1.82, 2.24) is 0 Å². The number of Topliss-reactive ketones (excluding diaryl/α,β-unsaturated/α-hetero) is 1. The summed E-state index contributed by atoms with van der Waals surface area (Å²) in [6.07, 6.45) is -2.67. The van der Waals surface area contributed by atoms with Crippen molar-refractivity contribution in [3.05, 3.63) is 23.8 Å². The van der Waals surface area contributed by atoms with Gasteiger partial charge >= 0.3 is 23.9 Å². The monoisotopic (exact) mass is 778 g/mol. The van der Waals surface area contributed by atoms with Gasteiger partial charge in [0.25, 0.3) is 5.79 Å². The molecule has 5 rings (SSSR count). The number of hydrogen-bond acceptors (Lipinski definition) is 15. The average Bonchev–Trinajstić information content (AvgIpc) is 3.57. The van der Waals surface area contributed by atoms with Crippen molar-refractivity contribution in [1.29, 1.82) is 0 Å². The molecule has 3 N–H and O–H groups in total. The number of allylic oxidation sites excluding steroid dienone is 1. The van der Waals surface area contributed by atoms with Gasteiger partial charge in [0.1, 0.15) is 12.2 Å². The summed E-state index contributed by atoms with van der Waals surface area (Å²) in [5.41, 5.74) is -1.81. The van der Waals surface area contributed by atoms with Crippen LogP contribution in [0.1, 0.15) is 106 Å². The maximum atomic E-state index is 14.3. The molecule has 0 amide bonds. The molecule has 0 radical (unpaired) electrons. The molecule has 4 fully saturated rings. The number of fused-ring (bicyclic) bond motifs is 5. The van der Waals surface area contributed by atoms with Crippen LogP contribution in [-0.4, -0.2) is 112 Å². The number of methoxy groups -OCH3 is 1. The molecule has 5 heterocycles. The Morgan fingerprint density at radius 3 is 2.27 bits per heavy atom. The Bertz CT molecular complexity index is 1550. The lowest BCUT2D eigenvalue weighted by atomic mass is 9.70. The predicted molar refractivity (Wildman–Crippen MR) is 191 cm³/mol. The number of ketones is 1. The first-order valence-corrected chi connectivity index (χ1v) is 19.3. The minimum Gasteiger partial charge on any atom is -0.466 e. The van der Waals surface area contributed by atoms with Crippen molar-refractivity contribution in [3.8, 4) is 0 Å². The number of rotatable bonds is 3. The lowest BCUT2D eigenvalue weighted by molar-refractivity contribution is -0.349. The zero-order valence-electron chi connectivity index (χ0n) is 33.1. The van der Waals surface area contributed by atoms with E-state index in [0.717, 1.165) is 0 Å². The van der Waals surface area contributed by atoms with Crippen LogP contribution in [0.2, 0.25) is 0 Å².